The van der Waals surface area contributed by atoms with Crippen molar-refractivity contribution in [1.29, 1.82) is 0 Å². The maximum absolute atomic E-state index is 12.0. The summed E-state index contributed by atoms with van der Waals surface area (Å²) in [5, 5.41) is 2.86. The molecule has 1 aromatic rings. The predicted octanol–water partition coefficient (Wildman–Crippen LogP) is 1.93. The van der Waals surface area contributed by atoms with Gasteiger partial charge in [0.1, 0.15) is 0 Å². The Balaban J connectivity index is 2.03. The molecule has 0 bridgehead atoms. The van der Waals surface area contributed by atoms with Gasteiger partial charge in [0.15, 0.2) is 0 Å². The van der Waals surface area contributed by atoms with Crippen LogP contribution in [0.25, 0.3) is 0 Å². The summed E-state index contributed by atoms with van der Waals surface area (Å²) in [5.74, 6) is 2.68. The second kappa shape index (κ2) is 5.05. The summed E-state index contributed by atoms with van der Waals surface area (Å²) in [6.45, 7) is 1.83. The second-order valence-electron chi connectivity index (χ2n) is 4.61. The number of nitrogens with one attached hydrogen (secondary N) is 1. The van der Waals surface area contributed by atoms with E-state index in [1.165, 1.54) is 11.1 Å². The maximum atomic E-state index is 12.0. The number of fused-ring (bicyclic) bond motifs is 1. The molecule has 2 atom stereocenters. The van der Waals surface area contributed by atoms with Gasteiger partial charge >= 0.3 is 0 Å². The first-order valence-electron chi connectivity index (χ1n) is 6.04. The van der Waals surface area contributed by atoms with E-state index in [2.05, 4.69) is 29.4 Å². The van der Waals surface area contributed by atoms with Crippen LogP contribution in [0.15, 0.2) is 24.3 Å². The molecule has 88 valence electrons. The number of carbonyl (C=O) groups is 1. The van der Waals surface area contributed by atoms with Gasteiger partial charge in [0, 0.05) is 5.92 Å². The maximum Gasteiger partial charge on any atom is 0.224 e. The van der Waals surface area contributed by atoms with Crippen LogP contribution in [0.4, 0.5) is 0 Å². The fourth-order valence-electron chi connectivity index (χ4n) is 2.29. The Morgan fingerprint density at radius 3 is 2.88 bits per heavy atom. The summed E-state index contributed by atoms with van der Waals surface area (Å²) >= 11 is 0. The Morgan fingerprint density at radius 1 is 1.47 bits per heavy atom. The van der Waals surface area contributed by atoms with Crippen molar-refractivity contribution in [2.45, 2.75) is 32.2 Å². The molecule has 0 radical (unpaired) electrons. The lowest BCUT2D eigenvalue weighted by atomic mass is 9.83. The van der Waals surface area contributed by atoms with Gasteiger partial charge in [-0.1, -0.05) is 30.2 Å². The van der Waals surface area contributed by atoms with Crippen LogP contribution in [-0.4, -0.2) is 11.9 Å². The van der Waals surface area contributed by atoms with E-state index in [0.717, 1.165) is 19.3 Å². The molecule has 1 aromatic carbocycles. The molecule has 2 nitrogen and oxygen atoms in total. The first-order chi connectivity index (χ1) is 8.20. The van der Waals surface area contributed by atoms with Crippen molar-refractivity contribution in [2.75, 3.05) is 0 Å². The average molecular weight is 227 g/mol. The Morgan fingerprint density at radius 2 is 2.18 bits per heavy atom. The van der Waals surface area contributed by atoms with Crippen molar-refractivity contribution in [1.82, 2.24) is 5.32 Å². The summed E-state index contributed by atoms with van der Waals surface area (Å²) in [6.07, 6.45) is 8.00. The highest BCUT2D eigenvalue weighted by Crippen LogP contribution is 2.25. The highest BCUT2D eigenvalue weighted by Gasteiger charge is 2.24. The minimum Gasteiger partial charge on any atom is -0.343 e. The van der Waals surface area contributed by atoms with Crippen molar-refractivity contribution in [3.63, 3.8) is 0 Å². The van der Waals surface area contributed by atoms with E-state index >= 15 is 0 Å². The largest absolute Gasteiger partial charge is 0.343 e. The van der Waals surface area contributed by atoms with Gasteiger partial charge in [0.25, 0.3) is 0 Å². The molecule has 0 spiro atoms. The van der Waals surface area contributed by atoms with Crippen LogP contribution >= 0.6 is 0 Å². The average Bonchev–Trinajstić information content (AvgIpc) is 2.38. The quantitative estimate of drug-likeness (QED) is 0.768. The minimum atomic E-state index is -0.181. The molecule has 2 unspecified atom stereocenters. The highest BCUT2D eigenvalue weighted by molar-refractivity contribution is 5.80. The van der Waals surface area contributed by atoms with Gasteiger partial charge in [-0.25, -0.2) is 0 Å². The van der Waals surface area contributed by atoms with Gasteiger partial charge in [0.05, 0.1) is 6.04 Å². The Bertz CT molecular complexity index is 458. The predicted molar refractivity (Wildman–Crippen MR) is 68.4 cm³/mol. The molecule has 1 aliphatic rings. The Hall–Kier alpha value is -1.75. The normalized spacial score (nSPS) is 19.9. The Labute approximate surface area is 102 Å². The molecule has 0 saturated carbocycles. The summed E-state index contributed by atoms with van der Waals surface area (Å²) in [7, 11) is 0. The lowest BCUT2D eigenvalue weighted by Gasteiger charge is -2.24. The number of hydrogen-bond acceptors (Lipinski definition) is 1. The number of amides is 1. The molecule has 0 heterocycles. The first kappa shape index (κ1) is 11.7. The highest BCUT2D eigenvalue weighted by atomic mass is 16.1. The van der Waals surface area contributed by atoms with E-state index in [9.17, 15) is 4.79 Å². The van der Waals surface area contributed by atoms with Crippen LogP contribution < -0.4 is 5.32 Å². The zero-order valence-electron chi connectivity index (χ0n) is 10.1. The number of benzene rings is 1. The smallest absolute Gasteiger partial charge is 0.224 e. The lowest BCUT2D eigenvalue weighted by molar-refractivity contribution is -0.125. The molecule has 0 saturated heterocycles. The standard InChI is InChI=1S/C15H17NO/c1-3-11(2)16-15(17)14-9-8-12-6-4-5-7-13(12)10-14/h1,4-7,11,14H,8-10H2,2H3,(H,16,17). The molecular weight excluding hydrogens is 210 g/mol. The SMILES string of the molecule is C#CC(C)NC(=O)C1CCc2ccccc2C1. The zero-order valence-corrected chi connectivity index (χ0v) is 10.1. The van der Waals surface area contributed by atoms with Crippen LogP contribution in [0, 0.1) is 18.3 Å². The molecule has 2 heteroatoms. The second-order valence-corrected chi connectivity index (χ2v) is 4.61. The van der Waals surface area contributed by atoms with Gasteiger partial charge in [-0.2, -0.15) is 0 Å². The Kier molecular flexibility index (Phi) is 3.49. The zero-order chi connectivity index (χ0) is 12.3. The van der Waals surface area contributed by atoms with Crippen molar-refractivity contribution < 1.29 is 4.79 Å². The fourth-order valence-corrected chi connectivity index (χ4v) is 2.29. The number of rotatable bonds is 2. The van der Waals surface area contributed by atoms with Crippen LogP contribution in [0.5, 0.6) is 0 Å². The van der Waals surface area contributed by atoms with Crippen LogP contribution in [0.3, 0.4) is 0 Å². The number of aryl methyl sites for hydroxylation is 1. The lowest BCUT2D eigenvalue weighted by Crippen LogP contribution is -2.38. The molecule has 1 aliphatic carbocycles. The number of terminal acetylenes is 1. The van der Waals surface area contributed by atoms with Crippen molar-refractivity contribution in [3.05, 3.63) is 35.4 Å². The van der Waals surface area contributed by atoms with E-state index in [1.807, 2.05) is 13.0 Å². The van der Waals surface area contributed by atoms with Gasteiger partial charge < -0.3 is 5.32 Å². The molecular formula is C15H17NO. The van der Waals surface area contributed by atoms with Crippen LogP contribution in [-0.2, 0) is 17.6 Å². The molecule has 2 rings (SSSR count). The van der Waals surface area contributed by atoms with Gasteiger partial charge in [-0.3, -0.25) is 4.79 Å². The topological polar surface area (TPSA) is 29.1 Å². The van der Waals surface area contributed by atoms with Crippen molar-refractivity contribution in [3.8, 4) is 12.3 Å². The van der Waals surface area contributed by atoms with E-state index in [-0.39, 0.29) is 17.9 Å². The van der Waals surface area contributed by atoms with E-state index in [1.54, 1.807) is 0 Å². The third-order valence-corrected chi connectivity index (χ3v) is 3.33. The van der Waals surface area contributed by atoms with Crippen LogP contribution in [0.2, 0.25) is 0 Å². The summed E-state index contributed by atoms with van der Waals surface area (Å²) in [4.78, 5) is 12.0. The van der Waals surface area contributed by atoms with Crippen molar-refractivity contribution >= 4 is 5.91 Å². The summed E-state index contributed by atoms with van der Waals surface area (Å²) in [5.41, 5.74) is 2.67. The van der Waals surface area contributed by atoms with E-state index in [0.29, 0.717) is 0 Å². The summed E-state index contributed by atoms with van der Waals surface area (Å²) < 4.78 is 0. The van der Waals surface area contributed by atoms with Gasteiger partial charge in [-0.15, -0.1) is 6.42 Å². The third-order valence-electron chi connectivity index (χ3n) is 3.33. The summed E-state index contributed by atoms with van der Waals surface area (Å²) in [6, 6.07) is 8.16. The first-order valence-corrected chi connectivity index (χ1v) is 6.04. The van der Waals surface area contributed by atoms with Gasteiger partial charge in [-0.05, 0) is 37.3 Å². The minimum absolute atomic E-state index is 0.0701. The molecule has 0 aromatic heterocycles. The molecule has 1 N–H and O–H groups in total. The number of hydrogen-bond donors (Lipinski definition) is 1. The third kappa shape index (κ3) is 2.68. The van der Waals surface area contributed by atoms with Gasteiger partial charge in [0.2, 0.25) is 5.91 Å². The van der Waals surface area contributed by atoms with Crippen LogP contribution in [0.1, 0.15) is 24.5 Å². The fraction of sp³-hybridized carbons (Fsp3) is 0.400. The molecule has 17 heavy (non-hydrogen) atoms. The van der Waals surface area contributed by atoms with Crippen molar-refractivity contribution in [2.24, 2.45) is 5.92 Å². The molecule has 0 fully saturated rings. The van der Waals surface area contributed by atoms with E-state index in [4.69, 9.17) is 6.42 Å². The monoisotopic (exact) mass is 227 g/mol. The van der Waals surface area contributed by atoms with E-state index < -0.39 is 0 Å². The molecule has 0 aliphatic heterocycles. The number of carbonyl (C=O) groups excluding carboxylic acids is 1. The molecule has 1 amide bonds.